The molecule has 9 heteroatoms. The van der Waals surface area contributed by atoms with Gasteiger partial charge in [-0.15, -0.1) is 0 Å². The van der Waals surface area contributed by atoms with Crippen molar-refractivity contribution in [3.8, 4) is 11.5 Å². The van der Waals surface area contributed by atoms with Crippen LogP contribution in [0.1, 0.15) is 28.7 Å². The van der Waals surface area contributed by atoms with E-state index in [4.69, 9.17) is 9.47 Å². The molecule has 0 radical (unpaired) electrons. The van der Waals surface area contributed by atoms with Crippen molar-refractivity contribution in [1.29, 1.82) is 0 Å². The Balaban J connectivity index is 1.99. The number of esters is 1. The van der Waals surface area contributed by atoms with Gasteiger partial charge in [0.15, 0.2) is 17.3 Å². The lowest BCUT2D eigenvalue weighted by atomic mass is 10.1. The molecule has 1 aliphatic rings. The Hall–Kier alpha value is -3.49. The minimum Gasteiger partial charge on any atom is -0.493 e. The van der Waals surface area contributed by atoms with E-state index in [0.29, 0.717) is 28.9 Å². The van der Waals surface area contributed by atoms with Crippen LogP contribution in [0.25, 0.3) is 6.08 Å². The Kier molecular flexibility index (Phi) is 4.29. The molecule has 0 saturated heterocycles. The first kappa shape index (κ1) is 17.3. The lowest BCUT2D eigenvalue weighted by Crippen LogP contribution is -2.04. The summed E-state index contributed by atoms with van der Waals surface area (Å²) < 4.78 is 11.6. The molecule has 9 nitrogen and oxygen atoms in total. The normalized spacial score (nSPS) is 14.4. The quantitative estimate of drug-likeness (QED) is 0.271. The molecule has 26 heavy (non-hydrogen) atoms. The van der Waals surface area contributed by atoms with Crippen molar-refractivity contribution < 1.29 is 24.0 Å². The maximum absolute atomic E-state index is 12.7. The van der Waals surface area contributed by atoms with Gasteiger partial charge in [0.25, 0.3) is 0 Å². The SMILES string of the molecule is COc1cc2c(cc1OC(C)=O)CC(=Cc1ncc([N+](=O)[O-])n1C)C2=O. The number of carbonyl (C=O) groups is 2. The Labute approximate surface area is 148 Å². The van der Waals surface area contributed by atoms with Gasteiger partial charge in [0.1, 0.15) is 6.20 Å². The summed E-state index contributed by atoms with van der Waals surface area (Å²) in [6.45, 7) is 1.27. The van der Waals surface area contributed by atoms with Gasteiger partial charge >= 0.3 is 11.8 Å². The van der Waals surface area contributed by atoms with Crippen LogP contribution in [0, 0.1) is 10.1 Å². The van der Waals surface area contributed by atoms with Crippen LogP contribution in [0.5, 0.6) is 11.5 Å². The van der Waals surface area contributed by atoms with E-state index in [9.17, 15) is 19.7 Å². The number of ketones is 1. The van der Waals surface area contributed by atoms with Gasteiger partial charge in [0.05, 0.1) is 14.2 Å². The van der Waals surface area contributed by atoms with Gasteiger partial charge in [-0.25, -0.2) is 9.55 Å². The molecule has 0 bridgehead atoms. The summed E-state index contributed by atoms with van der Waals surface area (Å²) in [6, 6.07) is 3.12. The number of allylic oxidation sites excluding steroid dienone is 1. The summed E-state index contributed by atoms with van der Waals surface area (Å²) in [5.41, 5.74) is 1.56. The van der Waals surface area contributed by atoms with Gasteiger partial charge in [0, 0.05) is 30.6 Å². The molecule has 0 saturated carbocycles. The maximum atomic E-state index is 12.7. The monoisotopic (exact) mass is 357 g/mol. The van der Waals surface area contributed by atoms with Gasteiger partial charge < -0.3 is 19.6 Å². The highest BCUT2D eigenvalue weighted by atomic mass is 16.6. The van der Waals surface area contributed by atoms with E-state index in [-0.39, 0.29) is 23.1 Å². The fraction of sp³-hybridized carbons (Fsp3) is 0.235. The number of nitrogens with zero attached hydrogens (tertiary/aromatic N) is 3. The second kappa shape index (κ2) is 6.43. The maximum Gasteiger partial charge on any atom is 0.342 e. The topological polar surface area (TPSA) is 114 Å². The number of nitro groups is 1. The van der Waals surface area contributed by atoms with Crippen LogP contribution in [0.3, 0.4) is 0 Å². The molecule has 0 spiro atoms. The number of rotatable bonds is 4. The van der Waals surface area contributed by atoms with Crippen molar-refractivity contribution in [2.45, 2.75) is 13.3 Å². The fourth-order valence-electron chi connectivity index (χ4n) is 2.80. The zero-order valence-corrected chi connectivity index (χ0v) is 14.3. The van der Waals surface area contributed by atoms with Gasteiger partial charge in [-0.1, -0.05) is 0 Å². The number of aromatic nitrogens is 2. The van der Waals surface area contributed by atoms with E-state index in [1.54, 1.807) is 6.07 Å². The molecular formula is C17H15N3O6. The average molecular weight is 357 g/mol. The van der Waals surface area contributed by atoms with Gasteiger partial charge in [0.2, 0.25) is 5.82 Å². The van der Waals surface area contributed by atoms with Crippen LogP contribution >= 0.6 is 0 Å². The van der Waals surface area contributed by atoms with Crippen LogP contribution in [0.15, 0.2) is 23.9 Å². The predicted octanol–water partition coefficient (Wildman–Crippen LogP) is 2.08. The van der Waals surface area contributed by atoms with Crippen molar-refractivity contribution in [2.24, 2.45) is 7.05 Å². The molecule has 0 amide bonds. The minimum absolute atomic E-state index is 0.168. The third-order valence-electron chi connectivity index (χ3n) is 4.05. The number of benzene rings is 1. The summed E-state index contributed by atoms with van der Waals surface area (Å²) in [7, 11) is 2.92. The third kappa shape index (κ3) is 2.94. The van der Waals surface area contributed by atoms with E-state index in [1.807, 2.05) is 0 Å². The van der Waals surface area contributed by atoms with Gasteiger partial charge in [-0.2, -0.15) is 0 Å². The number of fused-ring (bicyclic) bond motifs is 1. The van der Waals surface area contributed by atoms with E-state index >= 15 is 0 Å². The second-order valence-corrected chi connectivity index (χ2v) is 5.72. The number of hydrogen-bond acceptors (Lipinski definition) is 7. The Bertz CT molecular complexity index is 973. The van der Waals surface area contributed by atoms with Crippen LogP contribution in [-0.2, 0) is 18.3 Å². The van der Waals surface area contributed by atoms with Crippen molar-refractivity contribution in [3.05, 3.63) is 51.0 Å². The van der Waals surface area contributed by atoms with Crippen LogP contribution in [-0.4, -0.2) is 33.3 Å². The van der Waals surface area contributed by atoms with Crippen molar-refractivity contribution >= 4 is 23.6 Å². The van der Waals surface area contributed by atoms with E-state index in [2.05, 4.69) is 4.98 Å². The summed E-state index contributed by atoms with van der Waals surface area (Å²) in [5.74, 6) is -0.0674. The summed E-state index contributed by atoms with van der Waals surface area (Å²) >= 11 is 0. The highest BCUT2D eigenvalue weighted by Gasteiger charge is 2.29. The predicted molar refractivity (Wildman–Crippen MR) is 90.2 cm³/mol. The van der Waals surface area contributed by atoms with Crippen molar-refractivity contribution in [1.82, 2.24) is 9.55 Å². The highest BCUT2D eigenvalue weighted by Crippen LogP contribution is 2.37. The van der Waals surface area contributed by atoms with Gasteiger partial charge in [-0.05, 0) is 22.6 Å². The van der Waals surface area contributed by atoms with Crippen LogP contribution in [0.2, 0.25) is 0 Å². The molecule has 2 aromatic rings. The van der Waals surface area contributed by atoms with Gasteiger partial charge in [-0.3, -0.25) is 9.59 Å². The summed E-state index contributed by atoms with van der Waals surface area (Å²) in [4.78, 5) is 38.2. The number of carbonyl (C=O) groups excluding carboxylic acids is 2. The Morgan fingerprint density at radius 3 is 2.69 bits per heavy atom. The first-order valence-electron chi connectivity index (χ1n) is 7.62. The van der Waals surface area contributed by atoms with Crippen molar-refractivity contribution in [3.63, 3.8) is 0 Å². The second-order valence-electron chi connectivity index (χ2n) is 5.72. The van der Waals surface area contributed by atoms with E-state index < -0.39 is 10.9 Å². The fourth-order valence-corrected chi connectivity index (χ4v) is 2.80. The first-order valence-corrected chi connectivity index (χ1v) is 7.62. The number of ether oxygens (including phenoxy) is 2. The Morgan fingerprint density at radius 1 is 1.38 bits per heavy atom. The van der Waals surface area contributed by atoms with Crippen molar-refractivity contribution in [2.75, 3.05) is 7.11 Å². The third-order valence-corrected chi connectivity index (χ3v) is 4.05. The standard InChI is InChI=1S/C17H15N3O6/c1-9(21)26-14-5-10-4-11(17(22)12(10)7-13(14)25-3)6-15-18-8-16(19(15)2)20(23)24/h5-8H,4H2,1-3H3. The molecule has 1 aromatic heterocycles. The van der Waals surface area contributed by atoms with Crippen LogP contribution in [0.4, 0.5) is 5.82 Å². The number of hydrogen-bond donors (Lipinski definition) is 0. The molecule has 1 heterocycles. The molecule has 3 rings (SSSR count). The number of Topliss-reactive ketones (excluding diaryl/α,β-unsaturated/α-hetero) is 1. The lowest BCUT2D eigenvalue weighted by molar-refractivity contribution is -0.391. The molecule has 1 aliphatic carbocycles. The minimum atomic E-state index is -0.545. The smallest absolute Gasteiger partial charge is 0.342 e. The zero-order valence-electron chi connectivity index (χ0n) is 14.3. The molecule has 0 unspecified atom stereocenters. The van der Waals surface area contributed by atoms with Crippen LogP contribution < -0.4 is 9.47 Å². The zero-order chi connectivity index (χ0) is 19.0. The summed E-state index contributed by atoms with van der Waals surface area (Å²) in [5, 5.41) is 10.9. The molecular weight excluding hydrogens is 342 g/mol. The lowest BCUT2D eigenvalue weighted by Gasteiger charge is -2.09. The Morgan fingerprint density at radius 2 is 2.12 bits per heavy atom. The molecule has 1 aromatic carbocycles. The largest absolute Gasteiger partial charge is 0.493 e. The summed E-state index contributed by atoms with van der Waals surface area (Å²) in [6.07, 6.45) is 2.96. The first-order chi connectivity index (χ1) is 12.3. The number of imidazole rings is 1. The highest BCUT2D eigenvalue weighted by molar-refractivity contribution is 6.15. The van der Waals surface area contributed by atoms with E-state index in [0.717, 1.165) is 6.20 Å². The molecule has 0 atom stereocenters. The number of methoxy groups -OCH3 is 1. The van der Waals surface area contributed by atoms with E-state index in [1.165, 1.54) is 37.8 Å². The molecule has 0 fully saturated rings. The molecule has 134 valence electrons. The molecule has 0 aliphatic heterocycles. The molecule has 0 N–H and O–H groups in total. The average Bonchev–Trinajstić information content (AvgIpc) is 3.08.